The standard InChI is InChI=1S/C11H13NO2/c1-3-11(9-13,14-4-2)10-7-5-6-8-12-10/h1,5-8,13H,4,9H2,2H3. The Morgan fingerprint density at radius 3 is 2.86 bits per heavy atom. The van der Waals surface area contributed by atoms with Gasteiger partial charge in [0.2, 0.25) is 0 Å². The maximum absolute atomic E-state index is 9.25. The highest BCUT2D eigenvalue weighted by Gasteiger charge is 2.31. The van der Waals surface area contributed by atoms with Crippen molar-refractivity contribution in [1.29, 1.82) is 0 Å². The molecule has 1 unspecified atom stereocenters. The van der Waals surface area contributed by atoms with E-state index in [-0.39, 0.29) is 6.61 Å². The summed E-state index contributed by atoms with van der Waals surface area (Å²) in [5.74, 6) is 2.45. The van der Waals surface area contributed by atoms with E-state index in [0.29, 0.717) is 12.3 Å². The molecule has 1 aromatic heterocycles. The minimum atomic E-state index is -1.10. The number of hydrogen-bond donors (Lipinski definition) is 1. The van der Waals surface area contributed by atoms with Gasteiger partial charge in [-0.1, -0.05) is 12.0 Å². The monoisotopic (exact) mass is 191 g/mol. The zero-order chi connectivity index (χ0) is 10.4. The van der Waals surface area contributed by atoms with E-state index in [1.807, 2.05) is 13.0 Å². The van der Waals surface area contributed by atoms with Crippen molar-refractivity contribution in [1.82, 2.24) is 4.98 Å². The highest BCUT2D eigenvalue weighted by Crippen LogP contribution is 2.22. The summed E-state index contributed by atoms with van der Waals surface area (Å²) in [5, 5.41) is 9.25. The first-order chi connectivity index (χ1) is 6.79. The molecule has 1 aromatic rings. The number of hydrogen-bond acceptors (Lipinski definition) is 3. The number of ether oxygens (including phenoxy) is 1. The molecule has 1 atom stereocenters. The van der Waals surface area contributed by atoms with Crippen LogP contribution in [0.1, 0.15) is 12.6 Å². The first-order valence-electron chi connectivity index (χ1n) is 4.43. The molecule has 0 aliphatic rings. The summed E-state index contributed by atoms with van der Waals surface area (Å²) < 4.78 is 5.37. The predicted molar refractivity (Wildman–Crippen MR) is 53.5 cm³/mol. The molecule has 0 fully saturated rings. The van der Waals surface area contributed by atoms with E-state index < -0.39 is 5.60 Å². The molecule has 0 bridgehead atoms. The van der Waals surface area contributed by atoms with Gasteiger partial charge in [-0.05, 0) is 19.1 Å². The van der Waals surface area contributed by atoms with Crippen molar-refractivity contribution in [3.63, 3.8) is 0 Å². The van der Waals surface area contributed by atoms with Gasteiger partial charge in [-0.25, -0.2) is 0 Å². The van der Waals surface area contributed by atoms with E-state index in [9.17, 15) is 5.11 Å². The quantitative estimate of drug-likeness (QED) is 0.720. The molecular formula is C11H13NO2. The summed E-state index contributed by atoms with van der Waals surface area (Å²) in [7, 11) is 0. The van der Waals surface area contributed by atoms with Gasteiger partial charge in [-0.3, -0.25) is 4.98 Å². The Morgan fingerprint density at radius 1 is 1.64 bits per heavy atom. The highest BCUT2D eigenvalue weighted by atomic mass is 16.5. The molecule has 74 valence electrons. The topological polar surface area (TPSA) is 42.4 Å². The van der Waals surface area contributed by atoms with Crippen molar-refractivity contribution in [2.45, 2.75) is 12.5 Å². The van der Waals surface area contributed by atoms with Gasteiger partial charge in [0.15, 0.2) is 5.60 Å². The number of pyridine rings is 1. The Hall–Kier alpha value is -1.37. The fourth-order valence-electron chi connectivity index (χ4n) is 1.21. The lowest BCUT2D eigenvalue weighted by atomic mass is 10.0. The molecule has 0 saturated carbocycles. The Bertz CT molecular complexity index is 318. The van der Waals surface area contributed by atoms with E-state index in [1.54, 1.807) is 18.3 Å². The predicted octanol–water partition coefficient (Wildman–Crippen LogP) is 0.939. The van der Waals surface area contributed by atoms with Crippen LogP contribution in [0.3, 0.4) is 0 Å². The van der Waals surface area contributed by atoms with Gasteiger partial charge in [0, 0.05) is 12.8 Å². The van der Waals surface area contributed by atoms with E-state index in [2.05, 4.69) is 10.9 Å². The third-order valence-electron chi connectivity index (χ3n) is 1.93. The lowest BCUT2D eigenvalue weighted by Gasteiger charge is -2.25. The summed E-state index contributed by atoms with van der Waals surface area (Å²) in [5.41, 5.74) is -0.539. The maximum atomic E-state index is 9.25. The van der Waals surface area contributed by atoms with Crippen LogP contribution in [-0.2, 0) is 10.3 Å². The molecule has 0 aromatic carbocycles. The first-order valence-corrected chi connectivity index (χ1v) is 4.43. The zero-order valence-electron chi connectivity index (χ0n) is 8.10. The highest BCUT2D eigenvalue weighted by molar-refractivity contribution is 5.24. The van der Waals surface area contributed by atoms with Crippen molar-refractivity contribution >= 4 is 0 Å². The van der Waals surface area contributed by atoms with Crippen LogP contribution in [0.25, 0.3) is 0 Å². The molecule has 3 heteroatoms. The Labute approximate surface area is 83.7 Å². The number of nitrogens with zero attached hydrogens (tertiary/aromatic N) is 1. The summed E-state index contributed by atoms with van der Waals surface area (Å²) in [6.07, 6.45) is 6.98. The van der Waals surface area contributed by atoms with Gasteiger partial charge in [0.25, 0.3) is 0 Å². The van der Waals surface area contributed by atoms with E-state index >= 15 is 0 Å². The minimum Gasteiger partial charge on any atom is -0.392 e. The van der Waals surface area contributed by atoms with Crippen LogP contribution >= 0.6 is 0 Å². The van der Waals surface area contributed by atoms with Crippen LogP contribution in [0.2, 0.25) is 0 Å². The van der Waals surface area contributed by atoms with Crippen molar-refractivity contribution in [3.8, 4) is 12.3 Å². The van der Waals surface area contributed by atoms with Gasteiger partial charge in [0.05, 0.1) is 12.3 Å². The van der Waals surface area contributed by atoms with Gasteiger partial charge in [0.1, 0.15) is 0 Å². The van der Waals surface area contributed by atoms with Crippen LogP contribution < -0.4 is 0 Å². The summed E-state index contributed by atoms with van der Waals surface area (Å²) in [6.45, 7) is 1.99. The molecule has 0 amide bonds. The SMILES string of the molecule is C#CC(CO)(OCC)c1ccccn1. The van der Waals surface area contributed by atoms with Crippen molar-refractivity contribution in [3.05, 3.63) is 30.1 Å². The van der Waals surface area contributed by atoms with Crippen LogP contribution in [0.15, 0.2) is 24.4 Å². The largest absolute Gasteiger partial charge is 0.392 e. The fourth-order valence-corrected chi connectivity index (χ4v) is 1.21. The van der Waals surface area contributed by atoms with Crippen LogP contribution in [0.5, 0.6) is 0 Å². The average molecular weight is 191 g/mol. The molecule has 0 spiro atoms. The van der Waals surface area contributed by atoms with Crippen LogP contribution in [-0.4, -0.2) is 23.3 Å². The van der Waals surface area contributed by atoms with Crippen LogP contribution in [0.4, 0.5) is 0 Å². The molecule has 0 radical (unpaired) electrons. The third kappa shape index (κ3) is 1.92. The number of aromatic nitrogens is 1. The van der Waals surface area contributed by atoms with Crippen LogP contribution in [0, 0.1) is 12.3 Å². The lowest BCUT2D eigenvalue weighted by molar-refractivity contribution is -0.0391. The normalized spacial score (nSPS) is 14.4. The number of rotatable bonds is 4. The molecule has 0 saturated heterocycles. The van der Waals surface area contributed by atoms with Crippen molar-refractivity contribution < 1.29 is 9.84 Å². The van der Waals surface area contributed by atoms with Gasteiger partial charge in [-0.2, -0.15) is 0 Å². The van der Waals surface area contributed by atoms with Crippen molar-refractivity contribution in [2.24, 2.45) is 0 Å². The molecule has 1 heterocycles. The molecule has 3 nitrogen and oxygen atoms in total. The van der Waals surface area contributed by atoms with Crippen molar-refractivity contribution in [2.75, 3.05) is 13.2 Å². The Balaban J connectivity index is 3.06. The summed E-state index contributed by atoms with van der Waals surface area (Å²) in [4.78, 5) is 4.08. The molecule has 0 aliphatic heterocycles. The number of terminal acetylenes is 1. The second kappa shape index (κ2) is 4.75. The lowest BCUT2D eigenvalue weighted by Crippen LogP contribution is -2.33. The fraction of sp³-hybridized carbons (Fsp3) is 0.364. The zero-order valence-corrected chi connectivity index (χ0v) is 8.10. The van der Waals surface area contributed by atoms with E-state index in [0.717, 1.165) is 0 Å². The molecule has 0 aliphatic carbocycles. The first kappa shape index (κ1) is 10.7. The molecule has 14 heavy (non-hydrogen) atoms. The number of aliphatic hydroxyl groups excluding tert-OH is 1. The van der Waals surface area contributed by atoms with Gasteiger partial charge < -0.3 is 9.84 Å². The van der Waals surface area contributed by atoms with E-state index in [1.165, 1.54) is 0 Å². The third-order valence-corrected chi connectivity index (χ3v) is 1.93. The smallest absolute Gasteiger partial charge is 0.193 e. The number of aliphatic hydroxyl groups is 1. The average Bonchev–Trinajstić information content (AvgIpc) is 2.27. The Morgan fingerprint density at radius 2 is 2.43 bits per heavy atom. The van der Waals surface area contributed by atoms with Gasteiger partial charge in [-0.15, -0.1) is 6.42 Å². The second-order valence-corrected chi connectivity index (χ2v) is 2.78. The second-order valence-electron chi connectivity index (χ2n) is 2.78. The maximum Gasteiger partial charge on any atom is 0.193 e. The molecule has 1 rings (SSSR count). The van der Waals surface area contributed by atoms with E-state index in [4.69, 9.17) is 11.2 Å². The molecular weight excluding hydrogens is 178 g/mol. The van der Waals surface area contributed by atoms with Gasteiger partial charge >= 0.3 is 0 Å². The Kier molecular flexibility index (Phi) is 3.63. The molecule has 1 N–H and O–H groups in total. The minimum absolute atomic E-state index is 0.269. The summed E-state index contributed by atoms with van der Waals surface area (Å²) in [6, 6.07) is 5.34. The summed E-state index contributed by atoms with van der Waals surface area (Å²) >= 11 is 0.